The Hall–Kier alpha value is -3.14. The number of aromatic nitrogens is 4. The first-order valence-electron chi connectivity index (χ1n) is 11.9. The molecule has 2 atom stereocenters. The van der Waals surface area contributed by atoms with Gasteiger partial charge in [0, 0.05) is 42.2 Å². The van der Waals surface area contributed by atoms with E-state index in [1.54, 1.807) is 6.20 Å². The zero-order chi connectivity index (χ0) is 21.9. The zero-order valence-electron chi connectivity index (χ0n) is 18.4. The quantitative estimate of drug-likeness (QED) is 0.608. The molecule has 4 heterocycles. The van der Waals surface area contributed by atoms with Gasteiger partial charge in [-0.05, 0) is 43.7 Å². The monoisotopic (exact) mass is 428 g/mol. The highest BCUT2D eigenvalue weighted by atomic mass is 16.2. The zero-order valence-corrected chi connectivity index (χ0v) is 18.4. The van der Waals surface area contributed by atoms with Crippen LogP contribution in [0, 0.1) is 28.6 Å². The molecule has 0 aromatic carbocycles. The van der Waals surface area contributed by atoms with E-state index in [2.05, 4.69) is 33.2 Å². The number of carbonyl (C=O) groups is 1. The van der Waals surface area contributed by atoms with Crippen molar-refractivity contribution in [2.75, 3.05) is 11.4 Å². The highest BCUT2D eigenvalue weighted by Gasteiger charge is 2.61. The van der Waals surface area contributed by atoms with Gasteiger partial charge in [-0.15, -0.1) is 0 Å². The van der Waals surface area contributed by atoms with E-state index in [0.717, 1.165) is 35.2 Å². The van der Waals surface area contributed by atoms with Gasteiger partial charge in [0.05, 0.1) is 29.5 Å². The maximum atomic E-state index is 13.5. The smallest absolute Gasteiger partial charge is 0.248 e. The maximum Gasteiger partial charge on any atom is 0.248 e. The van der Waals surface area contributed by atoms with E-state index in [4.69, 9.17) is 0 Å². The number of rotatable bonds is 4. The van der Waals surface area contributed by atoms with Crippen LogP contribution in [0.5, 0.6) is 0 Å². The number of nitrogens with zero attached hydrogens (tertiary/aromatic N) is 6. The van der Waals surface area contributed by atoms with Gasteiger partial charge in [0.25, 0.3) is 0 Å². The first kappa shape index (κ1) is 19.5. The molecule has 3 aromatic rings. The first-order valence-corrected chi connectivity index (χ1v) is 11.9. The van der Waals surface area contributed by atoms with Crippen molar-refractivity contribution in [2.24, 2.45) is 17.3 Å². The summed E-state index contributed by atoms with van der Waals surface area (Å²) in [4.78, 5) is 15.3. The molecule has 2 saturated carbocycles. The Morgan fingerprint density at radius 1 is 1.09 bits per heavy atom. The second kappa shape index (κ2) is 7.19. The predicted octanol–water partition coefficient (Wildman–Crippen LogP) is 4.61. The summed E-state index contributed by atoms with van der Waals surface area (Å²) in [6, 6.07) is 6.91. The molecule has 0 unspecified atom stereocenters. The molecule has 3 fully saturated rings. The van der Waals surface area contributed by atoms with Crippen molar-refractivity contribution in [3.8, 4) is 17.2 Å². The number of amides is 1. The standard InChI is InChI=1S/C25H28N6O/c1-17-13-29(24(32)25(17,16-26)20-7-8-20)22-9-10-27-31-14-18(11-23(22)31)19-12-28-30(15-19)21-5-3-2-4-6-21/h9-12,14-15,17,20-21H,2-8,13H2,1H3/t17-,25+/m1/s1. The number of fused-ring (bicyclic) bond motifs is 1. The van der Waals surface area contributed by atoms with E-state index < -0.39 is 5.41 Å². The Kier molecular flexibility index (Phi) is 4.39. The van der Waals surface area contributed by atoms with E-state index in [1.165, 1.54) is 32.1 Å². The van der Waals surface area contributed by atoms with Gasteiger partial charge in [-0.3, -0.25) is 9.48 Å². The molecule has 164 valence electrons. The van der Waals surface area contributed by atoms with Crippen LogP contribution in [-0.2, 0) is 4.79 Å². The molecule has 1 amide bonds. The van der Waals surface area contributed by atoms with Gasteiger partial charge in [0.1, 0.15) is 5.41 Å². The van der Waals surface area contributed by atoms with Crippen molar-refractivity contribution in [3.05, 3.63) is 36.9 Å². The molecule has 1 saturated heterocycles. The van der Waals surface area contributed by atoms with Gasteiger partial charge in [0.2, 0.25) is 5.91 Å². The summed E-state index contributed by atoms with van der Waals surface area (Å²) in [5, 5.41) is 19.1. The Bertz CT molecular complexity index is 1220. The van der Waals surface area contributed by atoms with Gasteiger partial charge in [-0.25, -0.2) is 4.52 Å². The van der Waals surface area contributed by atoms with Crippen LogP contribution in [0.4, 0.5) is 5.69 Å². The third-order valence-corrected chi connectivity index (χ3v) is 7.90. The van der Waals surface area contributed by atoms with E-state index in [1.807, 2.05) is 34.8 Å². The molecule has 3 aromatic heterocycles. The fourth-order valence-corrected chi connectivity index (χ4v) is 5.93. The van der Waals surface area contributed by atoms with Crippen molar-refractivity contribution in [2.45, 2.75) is 57.9 Å². The normalized spacial score (nSPS) is 26.7. The summed E-state index contributed by atoms with van der Waals surface area (Å²) in [6.07, 6.45) is 16.0. The predicted molar refractivity (Wildman–Crippen MR) is 121 cm³/mol. The van der Waals surface area contributed by atoms with Crippen LogP contribution in [0.1, 0.15) is 57.9 Å². The van der Waals surface area contributed by atoms with E-state index in [9.17, 15) is 10.1 Å². The molecule has 1 aliphatic heterocycles. The van der Waals surface area contributed by atoms with Crippen molar-refractivity contribution >= 4 is 17.1 Å². The average Bonchev–Trinajstić information content (AvgIpc) is 3.29. The summed E-state index contributed by atoms with van der Waals surface area (Å²) in [7, 11) is 0. The minimum atomic E-state index is -0.878. The summed E-state index contributed by atoms with van der Waals surface area (Å²) in [5.41, 5.74) is 2.95. The van der Waals surface area contributed by atoms with Crippen LogP contribution >= 0.6 is 0 Å². The van der Waals surface area contributed by atoms with Gasteiger partial charge >= 0.3 is 0 Å². The van der Waals surface area contributed by atoms with Crippen LogP contribution in [0.15, 0.2) is 36.9 Å². The third-order valence-electron chi connectivity index (χ3n) is 7.90. The highest BCUT2D eigenvalue weighted by Crippen LogP contribution is 2.54. The van der Waals surface area contributed by atoms with Crippen LogP contribution in [0.2, 0.25) is 0 Å². The molecular weight excluding hydrogens is 400 g/mol. The first-order chi connectivity index (χ1) is 15.6. The summed E-state index contributed by atoms with van der Waals surface area (Å²) < 4.78 is 3.96. The van der Waals surface area contributed by atoms with Crippen LogP contribution in [-0.4, -0.2) is 31.8 Å². The Balaban J connectivity index is 1.35. The minimum Gasteiger partial charge on any atom is -0.309 e. The van der Waals surface area contributed by atoms with Crippen molar-refractivity contribution in [1.29, 1.82) is 5.26 Å². The highest BCUT2D eigenvalue weighted by molar-refractivity contribution is 6.05. The van der Waals surface area contributed by atoms with Crippen molar-refractivity contribution < 1.29 is 4.79 Å². The lowest BCUT2D eigenvalue weighted by Crippen LogP contribution is -2.37. The lowest BCUT2D eigenvalue weighted by Gasteiger charge is -2.23. The topological polar surface area (TPSA) is 79.2 Å². The molecule has 3 aliphatic rings. The second-order valence-electron chi connectivity index (χ2n) is 9.85. The van der Waals surface area contributed by atoms with Gasteiger partial charge in [0.15, 0.2) is 0 Å². The molecule has 7 nitrogen and oxygen atoms in total. The van der Waals surface area contributed by atoms with Gasteiger partial charge < -0.3 is 4.90 Å². The minimum absolute atomic E-state index is 0.0175. The number of hydrogen-bond acceptors (Lipinski definition) is 4. The molecule has 7 heteroatoms. The summed E-state index contributed by atoms with van der Waals surface area (Å²) in [5.74, 6) is 0.172. The molecular formula is C25H28N6O. The van der Waals surface area contributed by atoms with Crippen LogP contribution in [0.25, 0.3) is 16.6 Å². The van der Waals surface area contributed by atoms with Crippen molar-refractivity contribution in [3.63, 3.8) is 0 Å². The van der Waals surface area contributed by atoms with Crippen molar-refractivity contribution in [1.82, 2.24) is 19.4 Å². The molecule has 0 bridgehead atoms. The second-order valence-corrected chi connectivity index (χ2v) is 9.85. The van der Waals surface area contributed by atoms with Crippen LogP contribution in [0.3, 0.4) is 0 Å². The number of hydrogen-bond donors (Lipinski definition) is 0. The summed E-state index contributed by atoms with van der Waals surface area (Å²) >= 11 is 0. The Morgan fingerprint density at radius 3 is 2.66 bits per heavy atom. The number of carbonyl (C=O) groups excluding carboxylic acids is 1. The van der Waals surface area contributed by atoms with Crippen LogP contribution < -0.4 is 4.90 Å². The van der Waals surface area contributed by atoms with E-state index in [0.29, 0.717) is 12.6 Å². The molecule has 0 radical (unpaired) electrons. The van der Waals surface area contributed by atoms with Gasteiger partial charge in [-0.2, -0.15) is 15.5 Å². The third kappa shape index (κ3) is 2.82. The lowest BCUT2D eigenvalue weighted by molar-refractivity contribution is -0.124. The van der Waals surface area contributed by atoms with E-state index in [-0.39, 0.29) is 17.7 Å². The average molecular weight is 429 g/mol. The summed E-state index contributed by atoms with van der Waals surface area (Å²) in [6.45, 7) is 2.61. The Morgan fingerprint density at radius 2 is 1.91 bits per heavy atom. The largest absolute Gasteiger partial charge is 0.309 e. The fourth-order valence-electron chi connectivity index (χ4n) is 5.93. The van der Waals surface area contributed by atoms with Gasteiger partial charge in [-0.1, -0.05) is 26.2 Å². The molecule has 0 spiro atoms. The molecule has 0 N–H and O–H groups in total. The maximum absolute atomic E-state index is 13.5. The number of nitriles is 1. The molecule has 6 rings (SSSR count). The molecule has 2 aliphatic carbocycles. The number of anilines is 1. The fraction of sp³-hybridized carbons (Fsp3) is 0.520. The SMILES string of the molecule is C[C@@H]1CN(c2ccnn3cc(-c4cnn(C5CCCCC5)c4)cc23)C(=O)[C@]1(C#N)C1CC1. The van der Waals surface area contributed by atoms with E-state index >= 15 is 0 Å². The molecule has 32 heavy (non-hydrogen) atoms. The lowest BCUT2D eigenvalue weighted by atomic mass is 9.75. The Labute approximate surface area is 187 Å².